The van der Waals surface area contributed by atoms with Crippen LogP contribution in [0.15, 0.2) is 12.1 Å². The third-order valence-corrected chi connectivity index (χ3v) is 11.5. The van der Waals surface area contributed by atoms with Gasteiger partial charge >= 0.3 is 0 Å². The Labute approximate surface area is 264 Å². The number of likely N-dealkylation sites (tertiary alicyclic amines) is 1. The van der Waals surface area contributed by atoms with Crippen LogP contribution in [0.4, 0.5) is 5.82 Å². The quantitative estimate of drug-likeness (QED) is 0.292. The Morgan fingerprint density at radius 1 is 0.643 bits per heavy atom. The van der Waals surface area contributed by atoms with Gasteiger partial charge in [0, 0.05) is 76.4 Å². The van der Waals surface area contributed by atoms with Gasteiger partial charge < -0.3 is 4.90 Å². The molecular weight excluding hydrogens is 538 g/mol. The summed E-state index contributed by atoms with van der Waals surface area (Å²) in [4.78, 5) is 12.9. The molecule has 3 aliphatic rings. The van der Waals surface area contributed by atoms with Gasteiger partial charge in [-0.1, -0.05) is 13.8 Å². The molecule has 1 aromatic rings. The van der Waals surface area contributed by atoms with Crippen LogP contribution in [0, 0.1) is 11.8 Å². The molecule has 0 N–H and O–H groups in total. The molecule has 0 spiro atoms. The van der Waals surface area contributed by atoms with Gasteiger partial charge in [0.15, 0.2) is 5.82 Å². The lowest BCUT2D eigenvalue weighted by atomic mass is 9.82. The molecular formula is C34H63N7S. The molecule has 4 heterocycles. The average Bonchev–Trinajstić information content (AvgIpc) is 3.02. The molecule has 42 heavy (non-hydrogen) atoms. The van der Waals surface area contributed by atoms with Crippen molar-refractivity contribution in [3.63, 3.8) is 0 Å². The van der Waals surface area contributed by atoms with Gasteiger partial charge in [0.2, 0.25) is 0 Å². The van der Waals surface area contributed by atoms with Gasteiger partial charge in [-0.2, -0.15) is 17.7 Å². The number of piperazine rings is 2. The molecule has 3 fully saturated rings. The van der Waals surface area contributed by atoms with Crippen molar-refractivity contribution in [2.75, 3.05) is 70.3 Å². The summed E-state index contributed by atoms with van der Waals surface area (Å²) >= 11 is 5.06. The summed E-state index contributed by atoms with van der Waals surface area (Å²) < 4.78 is 0. The van der Waals surface area contributed by atoms with Crippen LogP contribution < -0.4 is 4.90 Å². The first-order chi connectivity index (χ1) is 20.1. The van der Waals surface area contributed by atoms with E-state index in [1.807, 2.05) is 0 Å². The van der Waals surface area contributed by atoms with Gasteiger partial charge in [-0.3, -0.25) is 19.6 Å². The lowest BCUT2D eigenvalue weighted by Crippen LogP contribution is -2.51. The molecule has 1 aromatic heterocycles. The largest absolute Gasteiger partial charge is 0.353 e. The Bertz CT molecular complexity index is 888. The Balaban J connectivity index is 1.11. The molecule has 0 radical (unpaired) electrons. The highest BCUT2D eigenvalue weighted by molar-refractivity contribution is 7.80. The third-order valence-electron chi connectivity index (χ3n) is 10.9. The SMILES string of the molecule is CC(CCC(S)N1CCC(C(C)CCC(C)N2CCN(C(C)C)CC2)CC1)c1ccc(N2CCN(C(C)C)CC2)nn1. The zero-order chi connectivity index (χ0) is 30.2. The lowest BCUT2D eigenvalue weighted by molar-refractivity contribution is 0.0751. The maximum atomic E-state index is 5.06. The van der Waals surface area contributed by atoms with E-state index in [0.717, 1.165) is 62.4 Å². The fourth-order valence-electron chi connectivity index (χ4n) is 7.37. The Morgan fingerprint density at radius 2 is 1.21 bits per heavy atom. The van der Waals surface area contributed by atoms with Crippen LogP contribution in [-0.4, -0.2) is 119 Å². The second-order valence-electron chi connectivity index (χ2n) is 14.3. The van der Waals surface area contributed by atoms with Crippen molar-refractivity contribution in [3.05, 3.63) is 17.8 Å². The van der Waals surface area contributed by atoms with Crippen LogP contribution in [-0.2, 0) is 0 Å². The number of thiol groups is 1. The number of aromatic nitrogens is 2. The highest BCUT2D eigenvalue weighted by atomic mass is 32.1. The molecule has 4 rings (SSSR count). The van der Waals surface area contributed by atoms with E-state index in [2.05, 4.69) is 95.3 Å². The number of hydrogen-bond acceptors (Lipinski definition) is 8. The summed E-state index contributed by atoms with van der Waals surface area (Å²) in [6.07, 6.45) is 7.57. The average molecular weight is 602 g/mol. The number of piperidine rings is 1. The maximum absolute atomic E-state index is 5.06. The van der Waals surface area contributed by atoms with Crippen LogP contribution in [0.5, 0.6) is 0 Å². The second-order valence-corrected chi connectivity index (χ2v) is 14.9. The zero-order valence-electron chi connectivity index (χ0n) is 28.1. The van der Waals surface area contributed by atoms with E-state index < -0.39 is 0 Å². The molecule has 3 saturated heterocycles. The van der Waals surface area contributed by atoms with E-state index >= 15 is 0 Å². The summed E-state index contributed by atoms with van der Waals surface area (Å²) in [6.45, 7) is 28.1. The van der Waals surface area contributed by atoms with Gasteiger partial charge in [-0.15, -0.1) is 5.10 Å². The molecule has 7 nitrogen and oxygen atoms in total. The normalized spacial score (nSPS) is 23.9. The van der Waals surface area contributed by atoms with Crippen molar-refractivity contribution in [3.8, 4) is 0 Å². The molecule has 4 atom stereocenters. The van der Waals surface area contributed by atoms with Gasteiger partial charge in [0.1, 0.15) is 0 Å². The molecule has 0 aromatic carbocycles. The van der Waals surface area contributed by atoms with Crippen molar-refractivity contribution in [1.29, 1.82) is 0 Å². The summed E-state index contributed by atoms with van der Waals surface area (Å²) in [5.74, 6) is 3.13. The Hall–Kier alpha value is -0.930. The van der Waals surface area contributed by atoms with Crippen molar-refractivity contribution in [2.24, 2.45) is 11.8 Å². The molecule has 240 valence electrons. The summed E-state index contributed by atoms with van der Waals surface area (Å²) in [6, 6.07) is 6.40. The van der Waals surface area contributed by atoms with Crippen LogP contribution in [0.2, 0.25) is 0 Å². The molecule has 3 aliphatic heterocycles. The van der Waals surface area contributed by atoms with Crippen molar-refractivity contribution >= 4 is 18.4 Å². The monoisotopic (exact) mass is 601 g/mol. The van der Waals surface area contributed by atoms with Crippen molar-refractivity contribution < 1.29 is 0 Å². The fraction of sp³-hybridized carbons (Fsp3) is 0.882. The van der Waals surface area contributed by atoms with Crippen molar-refractivity contribution in [2.45, 2.75) is 116 Å². The van der Waals surface area contributed by atoms with Crippen LogP contribution >= 0.6 is 12.6 Å². The minimum Gasteiger partial charge on any atom is -0.353 e. The Morgan fingerprint density at radius 3 is 1.76 bits per heavy atom. The number of anilines is 1. The van der Waals surface area contributed by atoms with Gasteiger partial charge in [-0.05, 0) is 110 Å². The zero-order valence-corrected chi connectivity index (χ0v) is 29.0. The van der Waals surface area contributed by atoms with E-state index in [9.17, 15) is 0 Å². The van der Waals surface area contributed by atoms with Crippen LogP contribution in [0.3, 0.4) is 0 Å². The van der Waals surface area contributed by atoms with E-state index in [1.54, 1.807) is 0 Å². The predicted octanol–water partition coefficient (Wildman–Crippen LogP) is 5.69. The van der Waals surface area contributed by atoms with E-state index in [4.69, 9.17) is 12.6 Å². The standard InChI is InChI=1S/C34H63N7S/c1-26(2)37-18-22-39(23-19-37)30(7)10-8-28(5)31-14-16-41(17-15-31)34(42)13-9-29(6)32-11-12-33(36-35-32)40-24-20-38(21-25-40)27(3)4/h11-12,26-31,34,42H,8-10,13-25H2,1-7H3. The van der Waals surface area contributed by atoms with E-state index in [-0.39, 0.29) is 0 Å². The first kappa shape index (κ1) is 34.0. The molecule has 0 aliphatic carbocycles. The van der Waals surface area contributed by atoms with Gasteiger partial charge in [0.05, 0.1) is 11.1 Å². The van der Waals surface area contributed by atoms with Crippen molar-refractivity contribution in [1.82, 2.24) is 29.8 Å². The van der Waals surface area contributed by atoms with E-state index in [1.165, 1.54) is 65.0 Å². The lowest BCUT2D eigenvalue weighted by Gasteiger charge is -2.41. The molecule has 4 unspecified atom stereocenters. The minimum atomic E-state index is 0.345. The summed E-state index contributed by atoms with van der Waals surface area (Å²) in [5, 5.41) is 9.61. The first-order valence-corrected chi connectivity index (χ1v) is 17.9. The number of nitrogens with zero attached hydrogens (tertiary/aromatic N) is 7. The van der Waals surface area contributed by atoms with E-state index in [0.29, 0.717) is 29.4 Å². The smallest absolute Gasteiger partial charge is 0.151 e. The number of rotatable bonds is 13. The first-order valence-electron chi connectivity index (χ1n) is 17.3. The van der Waals surface area contributed by atoms with Gasteiger partial charge in [-0.25, -0.2) is 0 Å². The molecule has 0 saturated carbocycles. The molecule has 0 bridgehead atoms. The second kappa shape index (κ2) is 16.4. The number of hydrogen-bond donors (Lipinski definition) is 1. The Kier molecular flexibility index (Phi) is 13.3. The summed E-state index contributed by atoms with van der Waals surface area (Å²) in [7, 11) is 0. The fourth-order valence-corrected chi connectivity index (χ4v) is 7.75. The topological polar surface area (TPSA) is 42.0 Å². The van der Waals surface area contributed by atoms with Crippen LogP contribution in [0.1, 0.15) is 98.6 Å². The predicted molar refractivity (Wildman–Crippen MR) is 182 cm³/mol. The third kappa shape index (κ3) is 9.53. The highest BCUT2D eigenvalue weighted by Crippen LogP contribution is 2.32. The minimum absolute atomic E-state index is 0.345. The molecule has 0 amide bonds. The molecule has 8 heteroatoms. The maximum Gasteiger partial charge on any atom is 0.151 e. The van der Waals surface area contributed by atoms with Crippen LogP contribution in [0.25, 0.3) is 0 Å². The summed E-state index contributed by atoms with van der Waals surface area (Å²) in [5.41, 5.74) is 1.11. The highest BCUT2D eigenvalue weighted by Gasteiger charge is 2.28. The van der Waals surface area contributed by atoms with Gasteiger partial charge in [0.25, 0.3) is 0 Å².